The van der Waals surface area contributed by atoms with Crippen LogP contribution in [0.5, 0.6) is 0 Å². The van der Waals surface area contributed by atoms with Gasteiger partial charge in [0.25, 0.3) is 0 Å². The van der Waals surface area contributed by atoms with Crippen molar-refractivity contribution in [3.8, 4) is 0 Å². The third kappa shape index (κ3) is 6.83. The number of rotatable bonds is 11. The third-order valence-electron chi connectivity index (χ3n) is 5.58. The van der Waals surface area contributed by atoms with Crippen LogP contribution in [0.1, 0.15) is 48.9 Å². The molecular formula is C25H33ClSi. The van der Waals surface area contributed by atoms with Crippen LogP contribution in [-0.4, -0.2) is 7.38 Å². The van der Waals surface area contributed by atoms with E-state index >= 15 is 0 Å². The van der Waals surface area contributed by atoms with Crippen molar-refractivity contribution in [2.75, 3.05) is 0 Å². The summed E-state index contributed by atoms with van der Waals surface area (Å²) in [5.41, 5.74) is 5.79. The van der Waals surface area contributed by atoms with E-state index in [0.717, 1.165) is 12.8 Å². The molecule has 0 saturated carbocycles. The molecule has 0 atom stereocenters. The minimum Gasteiger partial charge on any atom is -0.167 e. The van der Waals surface area contributed by atoms with E-state index < -0.39 is 7.38 Å². The summed E-state index contributed by atoms with van der Waals surface area (Å²) in [4.78, 5) is 0. The topological polar surface area (TPSA) is 0 Å². The van der Waals surface area contributed by atoms with Gasteiger partial charge in [0.1, 0.15) is 0 Å². The number of aryl methyl sites for hydroxylation is 2. The molecule has 0 aliphatic carbocycles. The SMILES string of the molecule is C=Cc1ccc(CCC[Si](Cl)(CCCc2ccc(C=C)cc2)C(C)C)cc1. The molecule has 0 aliphatic rings. The van der Waals surface area contributed by atoms with Crippen LogP contribution in [-0.2, 0) is 12.8 Å². The summed E-state index contributed by atoms with van der Waals surface area (Å²) in [5, 5.41) is 0. The molecule has 0 radical (unpaired) electrons. The third-order valence-corrected chi connectivity index (χ3v) is 12.5. The monoisotopic (exact) mass is 396 g/mol. The van der Waals surface area contributed by atoms with E-state index in [1.54, 1.807) is 0 Å². The maximum Gasteiger partial charge on any atom is 0.159 e. The van der Waals surface area contributed by atoms with Gasteiger partial charge in [0.05, 0.1) is 0 Å². The Morgan fingerprint density at radius 1 is 0.778 bits per heavy atom. The molecule has 2 aromatic carbocycles. The molecule has 0 nitrogen and oxygen atoms in total. The maximum absolute atomic E-state index is 7.21. The van der Waals surface area contributed by atoms with E-state index in [4.69, 9.17) is 11.1 Å². The van der Waals surface area contributed by atoms with Gasteiger partial charge in [-0.2, -0.15) is 11.1 Å². The van der Waals surface area contributed by atoms with Gasteiger partial charge in [-0.3, -0.25) is 0 Å². The van der Waals surface area contributed by atoms with E-state index in [9.17, 15) is 0 Å². The Hall–Kier alpha value is -1.57. The minimum absolute atomic E-state index is 0.616. The molecule has 144 valence electrons. The van der Waals surface area contributed by atoms with Crippen LogP contribution in [0.4, 0.5) is 0 Å². The van der Waals surface area contributed by atoms with Crippen molar-refractivity contribution in [2.45, 2.75) is 57.2 Å². The van der Waals surface area contributed by atoms with Crippen LogP contribution in [0, 0.1) is 0 Å². The lowest BCUT2D eigenvalue weighted by Gasteiger charge is -2.29. The molecular weight excluding hydrogens is 364 g/mol. The lowest BCUT2D eigenvalue weighted by molar-refractivity contribution is 0.836. The molecule has 0 heterocycles. The highest BCUT2D eigenvalue weighted by Crippen LogP contribution is 2.36. The highest BCUT2D eigenvalue weighted by atomic mass is 35.6. The second kappa shape index (κ2) is 10.7. The van der Waals surface area contributed by atoms with Gasteiger partial charge in [-0.05, 0) is 52.7 Å². The van der Waals surface area contributed by atoms with Gasteiger partial charge in [-0.25, -0.2) is 0 Å². The van der Waals surface area contributed by atoms with Gasteiger partial charge < -0.3 is 0 Å². The quantitative estimate of drug-likeness (QED) is 0.265. The zero-order valence-corrected chi connectivity index (χ0v) is 18.6. The van der Waals surface area contributed by atoms with Crippen molar-refractivity contribution >= 4 is 30.6 Å². The van der Waals surface area contributed by atoms with E-state index in [-0.39, 0.29) is 0 Å². The van der Waals surface area contributed by atoms with Gasteiger partial charge in [-0.15, -0.1) is 0 Å². The molecule has 0 aromatic heterocycles. The molecule has 0 N–H and O–H groups in total. The highest BCUT2D eigenvalue weighted by molar-refractivity contribution is 7.21. The van der Waals surface area contributed by atoms with Crippen LogP contribution in [0.2, 0.25) is 17.6 Å². The summed E-state index contributed by atoms with van der Waals surface area (Å²) in [5.74, 6) is 0. The van der Waals surface area contributed by atoms with Gasteiger partial charge in [0.15, 0.2) is 7.38 Å². The average Bonchev–Trinajstić information content (AvgIpc) is 2.69. The molecule has 2 heteroatoms. The second-order valence-electron chi connectivity index (χ2n) is 7.79. The Kier molecular flexibility index (Phi) is 8.59. The van der Waals surface area contributed by atoms with Gasteiger partial charge in [0.2, 0.25) is 0 Å². The van der Waals surface area contributed by atoms with Crippen LogP contribution >= 0.6 is 11.1 Å². The molecule has 2 aromatic rings. The molecule has 0 fully saturated rings. The summed E-state index contributed by atoms with van der Waals surface area (Å²) in [6, 6.07) is 19.9. The smallest absolute Gasteiger partial charge is 0.159 e. The van der Waals surface area contributed by atoms with Crippen molar-refractivity contribution in [3.63, 3.8) is 0 Å². The zero-order chi connectivity index (χ0) is 19.7. The maximum atomic E-state index is 7.21. The van der Waals surface area contributed by atoms with Crippen molar-refractivity contribution < 1.29 is 0 Å². The molecule has 0 bridgehead atoms. The Bertz CT molecular complexity index is 655. The first kappa shape index (κ1) is 21.7. The van der Waals surface area contributed by atoms with Gasteiger partial charge in [0, 0.05) is 0 Å². The fourth-order valence-corrected chi connectivity index (χ4v) is 7.25. The van der Waals surface area contributed by atoms with Crippen LogP contribution in [0.3, 0.4) is 0 Å². The van der Waals surface area contributed by atoms with Crippen molar-refractivity contribution in [1.29, 1.82) is 0 Å². The fourth-order valence-electron chi connectivity index (χ4n) is 3.52. The number of benzene rings is 2. The first-order chi connectivity index (χ1) is 13.0. The van der Waals surface area contributed by atoms with Gasteiger partial charge >= 0.3 is 0 Å². The minimum atomic E-state index is -1.73. The van der Waals surface area contributed by atoms with Crippen molar-refractivity contribution in [1.82, 2.24) is 0 Å². The molecule has 0 amide bonds. The summed E-state index contributed by atoms with van der Waals surface area (Å²) < 4.78 is 0. The Labute approximate surface area is 171 Å². The van der Waals surface area contributed by atoms with Gasteiger partial charge in [-0.1, -0.05) is 101 Å². The van der Waals surface area contributed by atoms with Crippen molar-refractivity contribution in [2.24, 2.45) is 0 Å². The van der Waals surface area contributed by atoms with Crippen molar-refractivity contribution in [3.05, 3.63) is 83.9 Å². The summed E-state index contributed by atoms with van der Waals surface area (Å²) >= 11 is 7.21. The Morgan fingerprint density at radius 2 is 1.15 bits per heavy atom. The Balaban J connectivity index is 1.83. The summed E-state index contributed by atoms with van der Waals surface area (Å²) in [6.07, 6.45) is 8.41. The molecule has 0 saturated heterocycles. The summed E-state index contributed by atoms with van der Waals surface area (Å²) in [6.45, 7) is 12.3. The molecule has 27 heavy (non-hydrogen) atoms. The number of hydrogen-bond donors (Lipinski definition) is 0. The van der Waals surface area contributed by atoms with E-state index in [0.29, 0.717) is 5.54 Å². The lowest BCUT2D eigenvalue weighted by atomic mass is 10.1. The number of hydrogen-bond acceptors (Lipinski definition) is 0. The highest BCUT2D eigenvalue weighted by Gasteiger charge is 2.33. The fraction of sp³-hybridized carbons (Fsp3) is 0.360. The second-order valence-corrected chi connectivity index (χ2v) is 14.3. The van der Waals surface area contributed by atoms with Crippen LogP contribution in [0.25, 0.3) is 12.2 Å². The standard InChI is InChI=1S/C25H33ClSi/c1-5-22-11-15-24(16-12-22)9-7-19-27(26,21(3)4)20-8-10-25-17-13-23(6-2)14-18-25/h5-6,11-18,21H,1-2,7-10,19-20H2,3-4H3. The molecule has 2 rings (SSSR count). The average molecular weight is 397 g/mol. The predicted molar refractivity (Wildman–Crippen MR) is 126 cm³/mol. The van der Waals surface area contributed by atoms with Crippen LogP contribution in [0.15, 0.2) is 61.7 Å². The van der Waals surface area contributed by atoms with Crippen LogP contribution < -0.4 is 0 Å². The van der Waals surface area contributed by atoms with E-state index in [1.807, 2.05) is 12.2 Å². The molecule has 0 unspecified atom stereocenters. The van der Waals surface area contributed by atoms with E-state index in [1.165, 1.54) is 47.2 Å². The normalized spacial score (nSPS) is 11.6. The zero-order valence-electron chi connectivity index (χ0n) is 16.9. The Morgan fingerprint density at radius 3 is 1.44 bits per heavy atom. The first-order valence-corrected chi connectivity index (χ1v) is 13.6. The lowest BCUT2D eigenvalue weighted by Crippen LogP contribution is -2.31. The molecule has 0 aliphatic heterocycles. The summed E-state index contributed by atoms with van der Waals surface area (Å²) in [7, 11) is -1.73. The number of halogens is 1. The van der Waals surface area contributed by atoms with E-state index in [2.05, 4.69) is 75.5 Å². The first-order valence-electron chi connectivity index (χ1n) is 10.1. The molecule has 0 spiro atoms. The largest absolute Gasteiger partial charge is 0.167 e. The predicted octanol–water partition coefficient (Wildman–Crippen LogP) is 8.13.